The van der Waals surface area contributed by atoms with Gasteiger partial charge in [-0.25, -0.2) is 0 Å². The van der Waals surface area contributed by atoms with Gasteiger partial charge in [-0.15, -0.1) is 0 Å². The molecule has 6 nitrogen and oxygen atoms in total. The third-order valence-electron chi connectivity index (χ3n) is 4.67. The van der Waals surface area contributed by atoms with E-state index < -0.39 is 12.3 Å². The van der Waals surface area contributed by atoms with Gasteiger partial charge in [-0.3, -0.25) is 4.79 Å². The molecule has 8 heteroatoms. The molecule has 0 saturated carbocycles. The molecule has 1 aliphatic carbocycles. The summed E-state index contributed by atoms with van der Waals surface area (Å²) in [5, 5.41) is 7.25. The van der Waals surface area contributed by atoms with Gasteiger partial charge >= 0.3 is 6.43 Å². The molecule has 2 aromatic heterocycles. The Hall–Kier alpha value is -2.90. The third-order valence-corrected chi connectivity index (χ3v) is 4.67. The largest absolute Gasteiger partial charge is 0.353 e. The first kappa shape index (κ1) is 16.6. The number of rotatable bonds is 5. The first-order valence-electron chi connectivity index (χ1n) is 8.22. The Bertz CT molecular complexity index is 964. The number of benzene rings is 1. The fourth-order valence-electron chi connectivity index (χ4n) is 3.37. The number of halogens is 2. The van der Waals surface area contributed by atoms with Crippen LogP contribution in [0.5, 0.6) is 0 Å². The molecule has 0 saturated heterocycles. The monoisotopic (exact) mass is 359 g/mol. The SMILES string of the molecule is Cc1cnoc1C(=O)C[C@@H]1CCc2cc(-c3noc(C(F)F)n3)ccc21. The van der Waals surface area contributed by atoms with Gasteiger partial charge < -0.3 is 9.05 Å². The molecule has 4 rings (SSSR count). The van der Waals surface area contributed by atoms with Crippen molar-refractivity contribution >= 4 is 5.78 Å². The van der Waals surface area contributed by atoms with Gasteiger partial charge in [0.15, 0.2) is 0 Å². The Morgan fingerprint density at radius 2 is 2.19 bits per heavy atom. The Kier molecular flexibility index (Phi) is 4.10. The molecular formula is C18H15F2N3O3. The lowest BCUT2D eigenvalue weighted by Gasteiger charge is -2.10. The van der Waals surface area contributed by atoms with E-state index in [0.717, 1.165) is 29.5 Å². The highest BCUT2D eigenvalue weighted by molar-refractivity contribution is 5.95. The lowest BCUT2D eigenvalue weighted by Crippen LogP contribution is -2.05. The third kappa shape index (κ3) is 2.91. The Labute approximate surface area is 147 Å². The van der Waals surface area contributed by atoms with Crippen molar-refractivity contribution in [2.75, 3.05) is 0 Å². The highest BCUT2D eigenvalue weighted by atomic mass is 19.3. The Morgan fingerprint density at radius 1 is 1.35 bits per heavy atom. The molecule has 0 aliphatic heterocycles. The molecule has 26 heavy (non-hydrogen) atoms. The van der Waals surface area contributed by atoms with Gasteiger partial charge in [0.2, 0.25) is 17.4 Å². The van der Waals surface area contributed by atoms with Crippen LogP contribution in [0.4, 0.5) is 8.78 Å². The van der Waals surface area contributed by atoms with Crippen LogP contribution in [0.25, 0.3) is 11.4 Å². The zero-order valence-corrected chi connectivity index (χ0v) is 13.9. The standard InChI is InChI=1S/C18H15F2N3O3/c1-9-8-21-25-15(9)14(24)7-11-3-2-10-6-12(4-5-13(10)11)17-22-18(16(19)20)26-23-17/h4-6,8,11,16H,2-3,7H2,1H3/t11-/m0/s1. The molecule has 0 spiro atoms. The molecular weight excluding hydrogens is 344 g/mol. The van der Waals surface area contributed by atoms with Crippen LogP contribution in [0.1, 0.15) is 58.3 Å². The van der Waals surface area contributed by atoms with Gasteiger partial charge in [0, 0.05) is 17.5 Å². The number of carbonyl (C=O) groups is 1. The fraction of sp³-hybridized carbons (Fsp3) is 0.333. The van der Waals surface area contributed by atoms with Gasteiger partial charge in [0.05, 0.1) is 6.20 Å². The van der Waals surface area contributed by atoms with Crippen molar-refractivity contribution in [2.45, 2.75) is 38.5 Å². The first-order chi connectivity index (χ1) is 12.5. The maximum absolute atomic E-state index is 12.6. The van der Waals surface area contributed by atoms with Crippen molar-refractivity contribution in [1.29, 1.82) is 0 Å². The summed E-state index contributed by atoms with van der Waals surface area (Å²) < 4.78 is 34.8. The number of aromatic nitrogens is 3. The summed E-state index contributed by atoms with van der Waals surface area (Å²) in [4.78, 5) is 16.1. The molecule has 3 aromatic rings. The van der Waals surface area contributed by atoms with Gasteiger partial charge in [-0.2, -0.15) is 13.8 Å². The summed E-state index contributed by atoms with van der Waals surface area (Å²) >= 11 is 0. The maximum atomic E-state index is 12.6. The lowest BCUT2D eigenvalue weighted by molar-refractivity contribution is 0.0936. The van der Waals surface area contributed by atoms with E-state index in [9.17, 15) is 13.6 Å². The minimum absolute atomic E-state index is 0.0679. The van der Waals surface area contributed by atoms with E-state index in [1.807, 2.05) is 12.1 Å². The van der Waals surface area contributed by atoms with E-state index in [1.165, 1.54) is 6.20 Å². The molecule has 0 unspecified atom stereocenters. The zero-order chi connectivity index (χ0) is 18.3. The molecule has 2 heterocycles. The van der Waals surface area contributed by atoms with Crippen molar-refractivity contribution in [2.24, 2.45) is 0 Å². The quantitative estimate of drug-likeness (QED) is 0.633. The predicted octanol–water partition coefficient (Wildman–Crippen LogP) is 4.27. The Balaban J connectivity index is 1.54. The van der Waals surface area contributed by atoms with Crippen LogP contribution < -0.4 is 0 Å². The number of nitrogens with zero attached hydrogens (tertiary/aromatic N) is 3. The van der Waals surface area contributed by atoms with Gasteiger partial charge in [0.25, 0.3) is 5.89 Å². The van der Waals surface area contributed by atoms with Crippen molar-refractivity contribution in [3.05, 3.63) is 52.7 Å². The lowest BCUT2D eigenvalue weighted by atomic mass is 9.93. The summed E-state index contributed by atoms with van der Waals surface area (Å²) in [6, 6.07) is 5.54. The summed E-state index contributed by atoms with van der Waals surface area (Å²) in [5.74, 6) is -0.215. The van der Waals surface area contributed by atoms with Crippen LogP contribution in [0.2, 0.25) is 0 Å². The van der Waals surface area contributed by atoms with Crippen LogP contribution in [0.15, 0.2) is 33.4 Å². The first-order valence-corrected chi connectivity index (χ1v) is 8.22. The van der Waals surface area contributed by atoms with Gasteiger partial charge in [0.1, 0.15) is 0 Å². The van der Waals surface area contributed by atoms with Crippen LogP contribution in [-0.2, 0) is 6.42 Å². The summed E-state index contributed by atoms with van der Waals surface area (Å²) in [6.45, 7) is 1.79. The molecule has 134 valence electrons. The summed E-state index contributed by atoms with van der Waals surface area (Å²) in [5.41, 5.74) is 3.50. The van der Waals surface area contributed by atoms with Crippen LogP contribution in [0.3, 0.4) is 0 Å². The van der Waals surface area contributed by atoms with Crippen molar-refractivity contribution < 1.29 is 22.6 Å². The highest BCUT2D eigenvalue weighted by Crippen LogP contribution is 2.38. The number of carbonyl (C=O) groups excluding carboxylic acids is 1. The zero-order valence-electron chi connectivity index (χ0n) is 13.9. The second-order valence-corrected chi connectivity index (χ2v) is 6.37. The maximum Gasteiger partial charge on any atom is 0.315 e. The van der Waals surface area contributed by atoms with Gasteiger partial charge in [-0.05, 0) is 42.9 Å². The van der Waals surface area contributed by atoms with E-state index in [1.54, 1.807) is 13.0 Å². The molecule has 0 amide bonds. The second kappa shape index (κ2) is 6.44. The molecule has 1 atom stereocenters. The average Bonchev–Trinajstić information content (AvgIpc) is 3.34. The van der Waals surface area contributed by atoms with Crippen LogP contribution in [0, 0.1) is 6.92 Å². The van der Waals surface area contributed by atoms with Gasteiger partial charge in [-0.1, -0.05) is 22.4 Å². The number of alkyl halides is 2. The number of aryl methyl sites for hydroxylation is 2. The predicted molar refractivity (Wildman–Crippen MR) is 85.9 cm³/mol. The van der Waals surface area contributed by atoms with E-state index in [-0.39, 0.29) is 17.5 Å². The number of hydrogen-bond acceptors (Lipinski definition) is 6. The van der Waals surface area contributed by atoms with E-state index in [4.69, 9.17) is 4.52 Å². The Morgan fingerprint density at radius 3 is 2.88 bits per heavy atom. The number of fused-ring (bicyclic) bond motifs is 1. The van der Waals surface area contributed by atoms with E-state index >= 15 is 0 Å². The molecule has 0 fully saturated rings. The van der Waals surface area contributed by atoms with Crippen molar-refractivity contribution in [3.63, 3.8) is 0 Å². The normalized spacial score (nSPS) is 16.2. The smallest absolute Gasteiger partial charge is 0.315 e. The molecule has 1 aromatic carbocycles. The fourth-order valence-corrected chi connectivity index (χ4v) is 3.37. The minimum atomic E-state index is -2.79. The minimum Gasteiger partial charge on any atom is -0.353 e. The van der Waals surface area contributed by atoms with Crippen LogP contribution >= 0.6 is 0 Å². The number of Topliss-reactive ketones (excluding diaryl/α,β-unsaturated/α-hetero) is 1. The summed E-state index contributed by atoms with van der Waals surface area (Å²) in [6.07, 6.45) is 0.726. The van der Waals surface area contributed by atoms with E-state index in [0.29, 0.717) is 17.7 Å². The number of hydrogen-bond donors (Lipinski definition) is 0. The van der Waals surface area contributed by atoms with E-state index in [2.05, 4.69) is 19.8 Å². The average molecular weight is 359 g/mol. The topological polar surface area (TPSA) is 82.0 Å². The highest BCUT2D eigenvalue weighted by Gasteiger charge is 2.28. The molecule has 0 N–H and O–H groups in total. The molecule has 0 bridgehead atoms. The van der Waals surface area contributed by atoms with Crippen molar-refractivity contribution in [1.82, 2.24) is 15.3 Å². The second-order valence-electron chi connectivity index (χ2n) is 6.37. The van der Waals surface area contributed by atoms with Crippen LogP contribution in [-0.4, -0.2) is 21.1 Å². The number of ketones is 1. The molecule has 1 aliphatic rings. The summed E-state index contributed by atoms with van der Waals surface area (Å²) in [7, 11) is 0. The van der Waals surface area contributed by atoms with Crippen molar-refractivity contribution in [3.8, 4) is 11.4 Å². The molecule has 0 radical (unpaired) electrons.